The second-order valence-electron chi connectivity index (χ2n) is 4.43. The van der Waals surface area contributed by atoms with Gasteiger partial charge in [0.1, 0.15) is 5.69 Å². The number of pyridine rings is 1. The van der Waals surface area contributed by atoms with Crippen molar-refractivity contribution in [2.24, 2.45) is 0 Å². The first-order valence-corrected chi connectivity index (χ1v) is 7.28. The van der Waals surface area contributed by atoms with Gasteiger partial charge in [-0.2, -0.15) is 0 Å². The minimum absolute atomic E-state index is 0.0907. The van der Waals surface area contributed by atoms with Gasteiger partial charge < -0.3 is 0 Å². The molecule has 0 spiro atoms. The molecule has 2 nitrogen and oxygen atoms in total. The fourth-order valence-electron chi connectivity index (χ4n) is 2.13. The average Bonchev–Trinajstić information content (AvgIpc) is 2.51. The van der Waals surface area contributed by atoms with E-state index in [4.69, 9.17) is 11.6 Å². The lowest BCUT2D eigenvalue weighted by atomic mass is 10.0. The van der Waals surface area contributed by atoms with E-state index in [9.17, 15) is 9.18 Å². The molecule has 104 valence electrons. The molecule has 0 saturated carbocycles. The van der Waals surface area contributed by atoms with Crippen LogP contribution < -0.4 is 0 Å². The standard InChI is InChI=1S/C16H8BrClFNO/c17-12-6-5-11(14(19)13(12)18)16(21)15-10-4-2-1-3-9(10)7-8-20-15/h1-8H. The lowest BCUT2D eigenvalue weighted by Crippen LogP contribution is -2.07. The molecule has 0 atom stereocenters. The smallest absolute Gasteiger partial charge is 0.214 e. The van der Waals surface area contributed by atoms with Crippen LogP contribution in [0, 0.1) is 5.82 Å². The van der Waals surface area contributed by atoms with Crippen LogP contribution >= 0.6 is 27.5 Å². The SMILES string of the molecule is O=C(c1ccc(Br)c(Cl)c1F)c1nccc2ccccc12. The molecule has 0 aliphatic rings. The maximum atomic E-state index is 14.2. The van der Waals surface area contributed by atoms with Crippen LogP contribution in [0.5, 0.6) is 0 Å². The molecule has 0 radical (unpaired) electrons. The van der Waals surface area contributed by atoms with Gasteiger partial charge in [-0.3, -0.25) is 9.78 Å². The normalized spacial score (nSPS) is 10.8. The molecule has 0 unspecified atom stereocenters. The van der Waals surface area contributed by atoms with Crippen LogP contribution in [0.1, 0.15) is 16.1 Å². The maximum absolute atomic E-state index is 14.2. The molecule has 0 saturated heterocycles. The molecule has 3 aromatic rings. The van der Waals surface area contributed by atoms with Gasteiger partial charge in [0.15, 0.2) is 5.82 Å². The highest BCUT2D eigenvalue weighted by molar-refractivity contribution is 9.10. The molecule has 0 amide bonds. The molecule has 0 bridgehead atoms. The Kier molecular flexibility index (Phi) is 3.74. The molecule has 2 aromatic carbocycles. The summed E-state index contributed by atoms with van der Waals surface area (Å²) in [6.07, 6.45) is 1.54. The summed E-state index contributed by atoms with van der Waals surface area (Å²) in [5.74, 6) is -1.23. The van der Waals surface area contributed by atoms with Crippen LogP contribution in [0.4, 0.5) is 4.39 Å². The van der Waals surface area contributed by atoms with Crippen molar-refractivity contribution >= 4 is 44.1 Å². The van der Waals surface area contributed by atoms with Crippen molar-refractivity contribution in [2.45, 2.75) is 0 Å². The third-order valence-electron chi connectivity index (χ3n) is 3.17. The minimum atomic E-state index is -0.745. The Morgan fingerprint density at radius 2 is 1.90 bits per heavy atom. The number of carbonyl (C=O) groups excluding carboxylic acids is 1. The molecule has 5 heteroatoms. The zero-order valence-corrected chi connectivity index (χ0v) is 13.0. The number of carbonyl (C=O) groups is 1. The highest BCUT2D eigenvalue weighted by Gasteiger charge is 2.20. The topological polar surface area (TPSA) is 30.0 Å². The van der Waals surface area contributed by atoms with Crippen LogP contribution in [0.2, 0.25) is 5.02 Å². The van der Waals surface area contributed by atoms with Gasteiger partial charge >= 0.3 is 0 Å². The van der Waals surface area contributed by atoms with Crippen LogP contribution in [0.25, 0.3) is 10.8 Å². The second-order valence-corrected chi connectivity index (χ2v) is 5.67. The number of hydrogen-bond acceptors (Lipinski definition) is 2. The number of aromatic nitrogens is 1. The Labute approximate surface area is 133 Å². The fourth-order valence-corrected chi connectivity index (χ4v) is 2.60. The quantitative estimate of drug-likeness (QED) is 0.472. The molecule has 0 fully saturated rings. The average molecular weight is 365 g/mol. The molecule has 21 heavy (non-hydrogen) atoms. The number of fused-ring (bicyclic) bond motifs is 1. The van der Waals surface area contributed by atoms with E-state index in [-0.39, 0.29) is 16.3 Å². The fraction of sp³-hybridized carbons (Fsp3) is 0. The lowest BCUT2D eigenvalue weighted by Gasteiger charge is -2.07. The van der Waals surface area contributed by atoms with Gasteiger partial charge in [-0.15, -0.1) is 0 Å². The number of benzene rings is 2. The summed E-state index contributed by atoms with van der Waals surface area (Å²) < 4.78 is 14.6. The summed E-state index contributed by atoms with van der Waals surface area (Å²) in [5, 5.41) is 1.45. The third kappa shape index (κ3) is 2.45. The Bertz CT molecular complexity index is 861. The van der Waals surface area contributed by atoms with Gasteiger partial charge in [0.2, 0.25) is 5.78 Å². The van der Waals surface area contributed by atoms with Crippen molar-refractivity contribution in [1.82, 2.24) is 4.98 Å². The monoisotopic (exact) mass is 363 g/mol. The number of rotatable bonds is 2. The predicted octanol–water partition coefficient (Wildman–Crippen LogP) is 5.02. The van der Waals surface area contributed by atoms with Crippen LogP contribution in [-0.4, -0.2) is 10.8 Å². The zero-order valence-electron chi connectivity index (χ0n) is 10.6. The highest BCUT2D eigenvalue weighted by atomic mass is 79.9. The van der Waals surface area contributed by atoms with Crippen LogP contribution in [-0.2, 0) is 0 Å². The van der Waals surface area contributed by atoms with Gasteiger partial charge in [-0.1, -0.05) is 35.9 Å². The first-order valence-electron chi connectivity index (χ1n) is 6.11. The Morgan fingerprint density at radius 3 is 2.71 bits per heavy atom. The van der Waals surface area contributed by atoms with E-state index in [0.29, 0.717) is 9.86 Å². The Morgan fingerprint density at radius 1 is 1.14 bits per heavy atom. The van der Waals surface area contributed by atoms with Crippen molar-refractivity contribution in [1.29, 1.82) is 0 Å². The highest BCUT2D eigenvalue weighted by Crippen LogP contribution is 2.29. The van der Waals surface area contributed by atoms with Gasteiger partial charge in [-0.25, -0.2) is 4.39 Å². The van der Waals surface area contributed by atoms with Crippen molar-refractivity contribution < 1.29 is 9.18 Å². The van der Waals surface area contributed by atoms with Crippen molar-refractivity contribution in [3.05, 3.63) is 75.2 Å². The summed E-state index contributed by atoms with van der Waals surface area (Å²) in [7, 11) is 0. The largest absolute Gasteiger partial charge is 0.287 e. The summed E-state index contributed by atoms with van der Waals surface area (Å²) in [6.45, 7) is 0. The van der Waals surface area contributed by atoms with E-state index in [2.05, 4.69) is 20.9 Å². The molecular weight excluding hydrogens is 357 g/mol. The van der Waals surface area contributed by atoms with Gasteiger partial charge in [0.05, 0.1) is 10.6 Å². The lowest BCUT2D eigenvalue weighted by molar-refractivity contribution is 0.103. The summed E-state index contributed by atoms with van der Waals surface area (Å²) >= 11 is 8.96. The molecule has 1 aromatic heterocycles. The predicted molar refractivity (Wildman–Crippen MR) is 84.3 cm³/mol. The summed E-state index contributed by atoms with van der Waals surface area (Å²) in [6, 6.07) is 12.1. The number of ketones is 1. The second kappa shape index (κ2) is 5.54. The van der Waals surface area contributed by atoms with E-state index in [1.165, 1.54) is 12.3 Å². The van der Waals surface area contributed by atoms with Crippen molar-refractivity contribution in [3.8, 4) is 0 Å². The molecule has 3 rings (SSSR count). The van der Waals surface area contributed by atoms with E-state index in [1.807, 2.05) is 18.2 Å². The van der Waals surface area contributed by atoms with Crippen molar-refractivity contribution in [2.75, 3.05) is 0 Å². The van der Waals surface area contributed by atoms with E-state index < -0.39 is 11.6 Å². The number of nitrogens with zero attached hydrogens (tertiary/aromatic N) is 1. The zero-order chi connectivity index (χ0) is 15.0. The summed E-state index contributed by atoms with van der Waals surface area (Å²) in [4.78, 5) is 16.7. The van der Waals surface area contributed by atoms with Crippen LogP contribution in [0.3, 0.4) is 0 Å². The van der Waals surface area contributed by atoms with E-state index in [1.54, 1.807) is 18.2 Å². The van der Waals surface area contributed by atoms with E-state index >= 15 is 0 Å². The third-order valence-corrected chi connectivity index (χ3v) is 4.43. The maximum Gasteiger partial charge on any atom is 0.214 e. The molecule has 0 aliphatic heterocycles. The summed E-state index contributed by atoms with van der Waals surface area (Å²) in [5.41, 5.74) is 0.123. The van der Waals surface area contributed by atoms with E-state index in [0.717, 1.165) is 5.39 Å². The van der Waals surface area contributed by atoms with Crippen molar-refractivity contribution in [3.63, 3.8) is 0 Å². The Hall–Kier alpha value is -1.78. The van der Waals surface area contributed by atoms with Gasteiger partial charge in [0.25, 0.3) is 0 Å². The van der Waals surface area contributed by atoms with Gasteiger partial charge in [-0.05, 0) is 39.5 Å². The number of halogens is 3. The number of hydrogen-bond donors (Lipinski definition) is 0. The minimum Gasteiger partial charge on any atom is -0.287 e. The molecule has 0 aliphatic carbocycles. The molecular formula is C16H8BrClFNO. The van der Waals surface area contributed by atoms with Gasteiger partial charge in [0, 0.05) is 16.1 Å². The first kappa shape index (κ1) is 14.2. The molecule has 1 heterocycles. The molecule has 0 N–H and O–H groups in total. The van der Waals surface area contributed by atoms with Crippen LogP contribution in [0.15, 0.2) is 53.1 Å². The first-order chi connectivity index (χ1) is 10.1. The Balaban J connectivity index is 2.20.